The van der Waals surface area contributed by atoms with Crippen LogP contribution in [0.3, 0.4) is 0 Å². The molecular formula is C21H30N2O3. The molecule has 2 atom stereocenters. The molecule has 3 aliphatic heterocycles. The zero-order valence-corrected chi connectivity index (χ0v) is 15.8. The van der Waals surface area contributed by atoms with Gasteiger partial charge < -0.3 is 19.1 Å². The molecule has 0 aromatic heterocycles. The lowest BCUT2D eigenvalue weighted by atomic mass is 9.77. The minimum Gasteiger partial charge on any atom is -0.454 e. The standard InChI is InChI=1S/C21H30N2O3/c1-24-12-18-11-23(9-16-2-3-16)14-21(18)6-7-22(13-21)10-17-4-5-19-20(8-17)26-15-25-19/h4-5,8,16,18H,2-3,6-7,9-15H2,1H3/t18-,21+/m1/s1. The van der Waals surface area contributed by atoms with E-state index < -0.39 is 0 Å². The molecule has 5 heteroatoms. The molecule has 4 aliphatic rings. The lowest BCUT2D eigenvalue weighted by Gasteiger charge is -2.30. The third-order valence-corrected chi connectivity index (χ3v) is 6.77. The third kappa shape index (κ3) is 3.21. The highest BCUT2D eigenvalue weighted by Crippen LogP contribution is 2.45. The Kier molecular flexibility index (Phi) is 4.34. The van der Waals surface area contributed by atoms with Crippen LogP contribution in [0.5, 0.6) is 11.5 Å². The molecule has 2 saturated heterocycles. The van der Waals surface area contributed by atoms with Crippen LogP contribution in [-0.4, -0.2) is 63.0 Å². The van der Waals surface area contributed by atoms with Crippen molar-refractivity contribution >= 4 is 0 Å². The molecule has 0 radical (unpaired) electrons. The molecule has 0 N–H and O–H groups in total. The zero-order chi connectivity index (χ0) is 17.6. The summed E-state index contributed by atoms with van der Waals surface area (Å²) >= 11 is 0. The van der Waals surface area contributed by atoms with E-state index in [1.165, 1.54) is 57.5 Å². The van der Waals surface area contributed by atoms with Gasteiger partial charge >= 0.3 is 0 Å². The molecule has 1 aromatic carbocycles. The van der Waals surface area contributed by atoms with E-state index in [9.17, 15) is 0 Å². The summed E-state index contributed by atoms with van der Waals surface area (Å²) < 4.78 is 16.6. The predicted octanol–water partition coefficient (Wildman–Crippen LogP) is 2.60. The second-order valence-corrected chi connectivity index (χ2v) is 8.80. The van der Waals surface area contributed by atoms with Crippen molar-refractivity contribution in [3.8, 4) is 11.5 Å². The summed E-state index contributed by atoms with van der Waals surface area (Å²) in [5.41, 5.74) is 1.74. The Bertz CT molecular complexity index is 663. The molecule has 1 aromatic rings. The predicted molar refractivity (Wildman–Crippen MR) is 99.4 cm³/mol. The van der Waals surface area contributed by atoms with Gasteiger partial charge in [0.2, 0.25) is 6.79 Å². The highest BCUT2D eigenvalue weighted by Gasteiger charge is 2.50. The van der Waals surface area contributed by atoms with Crippen LogP contribution in [0, 0.1) is 17.3 Å². The van der Waals surface area contributed by atoms with Crippen LogP contribution in [0.15, 0.2) is 18.2 Å². The maximum absolute atomic E-state index is 5.61. The zero-order valence-electron chi connectivity index (χ0n) is 15.8. The molecule has 1 aliphatic carbocycles. The molecule has 5 rings (SSSR count). The van der Waals surface area contributed by atoms with Gasteiger partial charge in [0.1, 0.15) is 0 Å². The fourth-order valence-electron chi connectivity index (χ4n) is 5.26. The van der Waals surface area contributed by atoms with Crippen LogP contribution in [0.25, 0.3) is 0 Å². The molecule has 1 saturated carbocycles. The summed E-state index contributed by atoms with van der Waals surface area (Å²) in [5, 5.41) is 0. The minimum absolute atomic E-state index is 0.348. The normalized spacial score (nSPS) is 31.3. The van der Waals surface area contributed by atoms with Gasteiger partial charge in [0, 0.05) is 51.2 Å². The van der Waals surface area contributed by atoms with Crippen LogP contribution >= 0.6 is 0 Å². The van der Waals surface area contributed by atoms with Crippen molar-refractivity contribution in [1.82, 2.24) is 9.80 Å². The van der Waals surface area contributed by atoms with E-state index in [0.717, 1.165) is 30.6 Å². The maximum Gasteiger partial charge on any atom is 0.231 e. The largest absolute Gasteiger partial charge is 0.454 e. The fraction of sp³-hybridized carbons (Fsp3) is 0.714. The van der Waals surface area contributed by atoms with Gasteiger partial charge in [-0.1, -0.05) is 6.07 Å². The highest BCUT2D eigenvalue weighted by molar-refractivity contribution is 5.44. The molecule has 3 heterocycles. The first kappa shape index (κ1) is 16.8. The summed E-state index contributed by atoms with van der Waals surface area (Å²) in [5.74, 6) is 3.41. The van der Waals surface area contributed by atoms with E-state index in [0.29, 0.717) is 18.1 Å². The third-order valence-electron chi connectivity index (χ3n) is 6.77. The Morgan fingerprint density at radius 3 is 2.85 bits per heavy atom. The quantitative estimate of drug-likeness (QED) is 0.781. The van der Waals surface area contributed by atoms with Crippen molar-refractivity contribution in [2.24, 2.45) is 17.3 Å². The topological polar surface area (TPSA) is 34.2 Å². The summed E-state index contributed by atoms with van der Waals surface area (Å²) in [4.78, 5) is 5.35. The van der Waals surface area contributed by atoms with E-state index in [1.54, 1.807) is 0 Å². The number of benzene rings is 1. The van der Waals surface area contributed by atoms with Crippen molar-refractivity contribution in [1.29, 1.82) is 0 Å². The van der Waals surface area contributed by atoms with Crippen LogP contribution < -0.4 is 9.47 Å². The van der Waals surface area contributed by atoms with E-state index in [1.807, 2.05) is 13.2 Å². The van der Waals surface area contributed by atoms with Gasteiger partial charge in [-0.05, 0) is 49.4 Å². The van der Waals surface area contributed by atoms with Gasteiger partial charge in [-0.25, -0.2) is 0 Å². The van der Waals surface area contributed by atoms with Crippen LogP contribution in [0.2, 0.25) is 0 Å². The average Bonchev–Trinajstić information content (AvgIpc) is 3.04. The average molecular weight is 358 g/mol. The number of nitrogens with zero attached hydrogens (tertiary/aromatic N) is 2. The summed E-state index contributed by atoms with van der Waals surface area (Å²) in [6.45, 7) is 8.42. The molecule has 0 bridgehead atoms. The van der Waals surface area contributed by atoms with Crippen molar-refractivity contribution in [2.45, 2.75) is 25.8 Å². The first-order valence-corrected chi connectivity index (χ1v) is 10.1. The van der Waals surface area contributed by atoms with Gasteiger partial charge in [-0.2, -0.15) is 0 Å². The van der Waals surface area contributed by atoms with Crippen LogP contribution in [0.4, 0.5) is 0 Å². The highest BCUT2D eigenvalue weighted by atomic mass is 16.7. The van der Waals surface area contributed by atoms with Gasteiger partial charge in [-0.15, -0.1) is 0 Å². The first-order valence-electron chi connectivity index (χ1n) is 10.1. The Balaban J connectivity index is 1.25. The van der Waals surface area contributed by atoms with E-state index >= 15 is 0 Å². The van der Waals surface area contributed by atoms with Gasteiger partial charge in [0.25, 0.3) is 0 Å². The van der Waals surface area contributed by atoms with Crippen LogP contribution in [-0.2, 0) is 11.3 Å². The fourth-order valence-corrected chi connectivity index (χ4v) is 5.26. The Hall–Kier alpha value is -1.30. The second kappa shape index (κ2) is 6.70. The SMILES string of the molecule is COC[C@H]1CN(CC2CC2)C[C@@]12CCN(Cc1ccc3c(c1)OCO3)C2. The van der Waals surface area contributed by atoms with Crippen molar-refractivity contribution in [3.63, 3.8) is 0 Å². The number of ether oxygens (including phenoxy) is 3. The van der Waals surface area contributed by atoms with Crippen LogP contribution in [0.1, 0.15) is 24.8 Å². The lowest BCUT2D eigenvalue weighted by Crippen LogP contribution is -2.36. The Morgan fingerprint density at radius 2 is 2.00 bits per heavy atom. The minimum atomic E-state index is 0.348. The molecule has 3 fully saturated rings. The van der Waals surface area contributed by atoms with Gasteiger partial charge in [-0.3, -0.25) is 4.90 Å². The number of fused-ring (bicyclic) bond motifs is 1. The molecule has 26 heavy (non-hydrogen) atoms. The summed E-state index contributed by atoms with van der Waals surface area (Å²) in [7, 11) is 1.86. The first-order chi connectivity index (χ1) is 12.7. The molecule has 5 nitrogen and oxygen atoms in total. The number of hydrogen-bond donors (Lipinski definition) is 0. The monoisotopic (exact) mass is 358 g/mol. The van der Waals surface area contributed by atoms with E-state index in [-0.39, 0.29) is 0 Å². The number of likely N-dealkylation sites (tertiary alicyclic amines) is 2. The Morgan fingerprint density at radius 1 is 1.15 bits per heavy atom. The van der Waals surface area contributed by atoms with Crippen molar-refractivity contribution < 1.29 is 14.2 Å². The van der Waals surface area contributed by atoms with E-state index in [4.69, 9.17) is 14.2 Å². The second-order valence-electron chi connectivity index (χ2n) is 8.80. The number of rotatable bonds is 6. The lowest BCUT2D eigenvalue weighted by molar-refractivity contribution is 0.0959. The number of methoxy groups -OCH3 is 1. The Labute approximate surface area is 156 Å². The molecular weight excluding hydrogens is 328 g/mol. The van der Waals surface area contributed by atoms with Gasteiger partial charge in [0.05, 0.1) is 6.61 Å². The van der Waals surface area contributed by atoms with Gasteiger partial charge in [0.15, 0.2) is 11.5 Å². The van der Waals surface area contributed by atoms with Crippen molar-refractivity contribution in [3.05, 3.63) is 23.8 Å². The summed E-state index contributed by atoms with van der Waals surface area (Å²) in [6.07, 6.45) is 4.18. The van der Waals surface area contributed by atoms with Crippen molar-refractivity contribution in [2.75, 3.05) is 53.2 Å². The summed E-state index contributed by atoms with van der Waals surface area (Å²) in [6, 6.07) is 6.37. The maximum atomic E-state index is 5.61. The molecule has 142 valence electrons. The smallest absolute Gasteiger partial charge is 0.231 e. The van der Waals surface area contributed by atoms with E-state index in [2.05, 4.69) is 21.9 Å². The molecule has 1 spiro atoms. The molecule has 0 amide bonds. The molecule has 0 unspecified atom stereocenters. The number of hydrogen-bond acceptors (Lipinski definition) is 5.